The van der Waals surface area contributed by atoms with Crippen LogP contribution in [0.2, 0.25) is 0 Å². The number of carbonyl (C=O) groups is 1. The third-order valence-electron chi connectivity index (χ3n) is 3.70. The highest BCUT2D eigenvalue weighted by atomic mass is 16.5. The van der Waals surface area contributed by atoms with Crippen LogP contribution in [0.1, 0.15) is 29.7 Å². The lowest BCUT2D eigenvalue weighted by Gasteiger charge is -2.18. The zero-order valence-electron chi connectivity index (χ0n) is 13.9. The van der Waals surface area contributed by atoms with E-state index in [1.807, 2.05) is 69.3 Å². The number of nitrogens with one attached hydrogen (secondary N) is 1. The maximum Gasteiger partial charge on any atom is 0.241 e. The molecule has 0 aliphatic rings. The molecule has 1 amide bonds. The Morgan fingerprint density at radius 2 is 1.78 bits per heavy atom. The Hall–Kier alpha value is -2.33. The van der Waals surface area contributed by atoms with Crippen molar-refractivity contribution in [1.29, 1.82) is 0 Å². The molecule has 2 atom stereocenters. The maximum absolute atomic E-state index is 12.2. The first-order valence-corrected chi connectivity index (χ1v) is 7.79. The van der Waals surface area contributed by atoms with Gasteiger partial charge < -0.3 is 15.8 Å². The highest BCUT2D eigenvalue weighted by molar-refractivity contribution is 5.82. The van der Waals surface area contributed by atoms with Crippen LogP contribution in [0.15, 0.2) is 48.5 Å². The molecular formula is C19H24N2O2. The summed E-state index contributed by atoms with van der Waals surface area (Å²) in [4.78, 5) is 12.2. The van der Waals surface area contributed by atoms with Crippen LogP contribution >= 0.6 is 0 Å². The summed E-state index contributed by atoms with van der Waals surface area (Å²) in [6.07, 6.45) is -0.134. The van der Waals surface area contributed by atoms with Crippen molar-refractivity contribution in [3.05, 3.63) is 65.2 Å². The van der Waals surface area contributed by atoms with Crippen molar-refractivity contribution in [2.24, 2.45) is 5.73 Å². The second-order valence-electron chi connectivity index (χ2n) is 5.83. The monoisotopic (exact) mass is 312 g/mol. The lowest BCUT2D eigenvalue weighted by molar-refractivity contribution is -0.122. The molecule has 3 N–H and O–H groups in total. The van der Waals surface area contributed by atoms with Gasteiger partial charge in [-0.2, -0.15) is 0 Å². The van der Waals surface area contributed by atoms with Crippen molar-refractivity contribution in [2.45, 2.75) is 32.9 Å². The Labute approximate surface area is 137 Å². The largest absolute Gasteiger partial charge is 0.489 e. The Kier molecular flexibility index (Phi) is 5.77. The van der Waals surface area contributed by atoms with Gasteiger partial charge in [0, 0.05) is 0 Å². The van der Waals surface area contributed by atoms with Gasteiger partial charge in [-0.15, -0.1) is 0 Å². The first-order valence-electron chi connectivity index (χ1n) is 7.79. The topological polar surface area (TPSA) is 64.4 Å². The van der Waals surface area contributed by atoms with Crippen LogP contribution in [-0.4, -0.2) is 18.6 Å². The molecule has 2 aromatic carbocycles. The standard InChI is InChI=1S/C19H24N2O2/c1-13-8-10-16(11-9-13)18(20)19(22)21-12-15(3)23-17-7-5-4-6-14(17)2/h4-11,15,18H,12,20H2,1-3H3,(H,21,22). The third kappa shape index (κ3) is 4.83. The number of ether oxygens (including phenoxy) is 1. The van der Waals surface area contributed by atoms with E-state index in [1.54, 1.807) is 0 Å². The van der Waals surface area contributed by atoms with Crippen LogP contribution in [0.25, 0.3) is 0 Å². The van der Waals surface area contributed by atoms with E-state index in [4.69, 9.17) is 10.5 Å². The van der Waals surface area contributed by atoms with Gasteiger partial charge in [0.1, 0.15) is 17.9 Å². The van der Waals surface area contributed by atoms with Crippen LogP contribution in [0.5, 0.6) is 5.75 Å². The number of rotatable bonds is 6. The van der Waals surface area contributed by atoms with Crippen molar-refractivity contribution in [3.63, 3.8) is 0 Å². The van der Waals surface area contributed by atoms with Crippen molar-refractivity contribution < 1.29 is 9.53 Å². The average molecular weight is 312 g/mol. The summed E-state index contributed by atoms with van der Waals surface area (Å²) < 4.78 is 5.84. The molecule has 23 heavy (non-hydrogen) atoms. The molecule has 2 aromatic rings. The van der Waals surface area contributed by atoms with E-state index in [9.17, 15) is 4.79 Å². The van der Waals surface area contributed by atoms with Gasteiger partial charge in [0.05, 0.1) is 6.54 Å². The highest BCUT2D eigenvalue weighted by Gasteiger charge is 2.16. The van der Waals surface area contributed by atoms with Crippen LogP contribution in [0.4, 0.5) is 0 Å². The summed E-state index contributed by atoms with van der Waals surface area (Å²) in [7, 11) is 0. The SMILES string of the molecule is Cc1ccc(C(N)C(=O)NCC(C)Oc2ccccc2C)cc1. The van der Waals surface area contributed by atoms with Gasteiger partial charge in [-0.1, -0.05) is 48.0 Å². The predicted octanol–water partition coefficient (Wildman–Crippen LogP) is 2.89. The Morgan fingerprint density at radius 3 is 2.43 bits per heavy atom. The van der Waals surface area contributed by atoms with Crippen molar-refractivity contribution >= 4 is 5.91 Å². The first kappa shape index (κ1) is 17.0. The molecule has 0 saturated heterocycles. The summed E-state index contributed by atoms with van der Waals surface area (Å²) in [6.45, 7) is 6.32. The number of hydrogen-bond acceptors (Lipinski definition) is 3. The molecule has 0 aromatic heterocycles. The van der Waals surface area contributed by atoms with E-state index in [-0.39, 0.29) is 12.0 Å². The second-order valence-corrected chi connectivity index (χ2v) is 5.83. The minimum atomic E-state index is -0.665. The number of para-hydroxylation sites is 1. The minimum Gasteiger partial charge on any atom is -0.489 e. The van der Waals surface area contributed by atoms with E-state index < -0.39 is 6.04 Å². The van der Waals surface area contributed by atoms with Gasteiger partial charge in [0.2, 0.25) is 5.91 Å². The van der Waals surface area contributed by atoms with Gasteiger partial charge in [-0.25, -0.2) is 0 Å². The number of aryl methyl sites for hydroxylation is 2. The molecule has 4 heteroatoms. The number of amides is 1. The Morgan fingerprint density at radius 1 is 1.13 bits per heavy atom. The summed E-state index contributed by atoms with van der Waals surface area (Å²) in [6, 6.07) is 14.8. The molecule has 0 saturated carbocycles. The Bertz CT molecular complexity index is 653. The van der Waals surface area contributed by atoms with Gasteiger partial charge in [-0.3, -0.25) is 4.79 Å². The molecule has 4 nitrogen and oxygen atoms in total. The number of carbonyl (C=O) groups excluding carboxylic acids is 1. The van der Waals surface area contributed by atoms with Gasteiger partial charge in [0.15, 0.2) is 0 Å². The molecule has 122 valence electrons. The summed E-state index contributed by atoms with van der Waals surface area (Å²) >= 11 is 0. The smallest absolute Gasteiger partial charge is 0.241 e. The van der Waals surface area contributed by atoms with E-state index >= 15 is 0 Å². The molecule has 0 fully saturated rings. The van der Waals surface area contributed by atoms with Gasteiger partial charge >= 0.3 is 0 Å². The first-order chi connectivity index (χ1) is 11.0. The van der Waals surface area contributed by atoms with Crippen molar-refractivity contribution in [2.75, 3.05) is 6.54 Å². The molecule has 2 rings (SSSR count). The number of nitrogens with two attached hydrogens (primary N) is 1. The minimum absolute atomic E-state index is 0.134. The predicted molar refractivity (Wildman–Crippen MR) is 92.4 cm³/mol. The van der Waals surface area contributed by atoms with Crippen molar-refractivity contribution in [1.82, 2.24) is 5.32 Å². The lowest BCUT2D eigenvalue weighted by atomic mass is 10.1. The van der Waals surface area contributed by atoms with E-state index in [0.717, 1.165) is 22.4 Å². The zero-order valence-corrected chi connectivity index (χ0v) is 13.9. The fourth-order valence-electron chi connectivity index (χ4n) is 2.23. The highest BCUT2D eigenvalue weighted by Crippen LogP contribution is 2.17. The summed E-state index contributed by atoms with van der Waals surface area (Å²) in [5, 5.41) is 2.85. The Balaban J connectivity index is 1.86. The number of benzene rings is 2. The van der Waals surface area contributed by atoms with E-state index in [1.165, 1.54) is 0 Å². The molecule has 0 bridgehead atoms. The zero-order chi connectivity index (χ0) is 16.8. The maximum atomic E-state index is 12.2. The van der Waals surface area contributed by atoms with Gasteiger partial charge in [-0.05, 0) is 38.0 Å². The lowest BCUT2D eigenvalue weighted by Crippen LogP contribution is -2.39. The average Bonchev–Trinajstić information content (AvgIpc) is 2.55. The molecule has 0 spiro atoms. The van der Waals surface area contributed by atoms with Gasteiger partial charge in [0.25, 0.3) is 0 Å². The van der Waals surface area contributed by atoms with Crippen LogP contribution in [0.3, 0.4) is 0 Å². The third-order valence-corrected chi connectivity index (χ3v) is 3.70. The normalized spacial score (nSPS) is 13.2. The molecule has 0 heterocycles. The molecule has 0 aliphatic carbocycles. The molecule has 0 radical (unpaired) electrons. The van der Waals surface area contributed by atoms with Crippen LogP contribution in [0, 0.1) is 13.8 Å². The number of hydrogen-bond donors (Lipinski definition) is 2. The van der Waals surface area contributed by atoms with E-state index in [0.29, 0.717) is 6.54 Å². The fraction of sp³-hybridized carbons (Fsp3) is 0.316. The fourth-order valence-corrected chi connectivity index (χ4v) is 2.23. The summed E-state index contributed by atoms with van der Waals surface area (Å²) in [5.41, 5.74) is 9.02. The summed E-state index contributed by atoms with van der Waals surface area (Å²) in [5.74, 6) is 0.631. The quantitative estimate of drug-likeness (QED) is 0.862. The second kappa shape index (κ2) is 7.79. The van der Waals surface area contributed by atoms with E-state index in [2.05, 4.69) is 5.32 Å². The molecular weight excluding hydrogens is 288 g/mol. The van der Waals surface area contributed by atoms with Crippen LogP contribution in [-0.2, 0) is 4.79 Å². The van der Waals surface area contributed by atoms with Crippen molar-refractivity contribution in [3.8, 4) is 5.75 Å². The van der Waals surface area contributed by atoms with Crippen LogP contribution < -0.4 is 15.8 Å². The molecule has 2 unspecified atom stereocenters. The molecule has 0 aliphatic heterocycles.